The van der Waals surface area contributed by atoms with Gasteiger partial charge in [-0.25, -0.2) is 9.50 Å². The number of ether oxygens (including phenoxy) is 1. The normalized spacial score (nSPS) is 12.1. The van der Waals surface area contributed by atoms with E-state index < -0.39 is 13.9 Å². The first-order valence-electron chi connectivity index (χ1n) is 5.17. The summed E-state index contributed by atoms with van der Waals surface area (Å²) in [6, 6.07) is 3.61. The summed E-state index contributed by atoms with van der Waals surface area (Å²) in [5.41, 5.74) is 7.21. The first kappa shape index (κ1) is 13.0. The molecular weight excluding hydrogens is 259 g/mol. The number of anilines is 1. The van der Waals surface area contributed by atoms with Crippen molar-refractivity contribution in [2.45, 2.75) is 6.42 Å². The van der Waals surface area contributed by atoms with Gasteiger partial charge in [-0.3, -0.25) is 4.57 Å². The summed E-state index contributed by atoms with van der Waals surface area (Å²) < 4.78 is 17.1. The highest BCUT2D eigenvalue weighted by atomic mass is 31.2. The number of nitrogens with zero attached hydrogens (tertiary/aromatic N) is 3. The van der Waals surface area contributed by atoms with Crippen molar-refractivity contribution in [1.82, 2.24) is 14.6 Å². The molecular formula is C9H13N4O4P. The molecule has 0 aliphatic rings. The molecule has 0 fully saturated rings. The molecule has 0 radical (unpaired) electrons. The smallest absolute Gasteiger partial charge is 0.350 e. The molecule has 0 spiro atoms. The molecule has 0 saturated carbocycles. The molecule has 8 nitrogen and oxygen atoms in total. The highest BCUT2D eigenvalue weighted by Crippen LogP contribution is 2.33. The van der Waals surface area contributed by atoms with E-state index in [1.807, 2.05) is 6.07 Å². The van der Waals surface area contributed by atoms with Crippen molar-refractivity contribution in [1.29, 1.82) is 0 Å². The largest absolute Gasteiger partial charge is 0.382 e. The Morgan fingerprint density at radius 3 is 2.94 bits per heavy atom. The van der Waals surface area contributed by atoms with Crippen LogP contribution in [0.25, 0.3) is 5.52 Å². The maximum atomic E-state index is 10.6. The van der Waals surface area contributed by atoms with Crippen molar-refractivity contribution in [2.24, 2.45) is 0 Å². The minimum Gasteiger partial charge on any atom is -0.382 e. The van der Waals surface area contributed by atoms with Crippen LogP contribution in [0.5, 0.6) is 0 Å². The number of rotatable bonds is 5. The van der Waals surface area contributed by atoms with E-state index >= 15 is 0 Å². The fourth-order valence-corrected chi connectivity index (χ4v) is 1.92. The van der Waals surface area contributed by atoms with Crippen LogP contribution in [0.2, 0.25) is 0 Å². The molecule has 0 amide bonds. The second-order valence-electron chi connectivity index (χ2n) is 3.72. The highest BCUT2D eigenvalue weighted by Gasteiger charge is 2.12. The fourth-order valence-electron chi connectivity index (χ4n) is 1.56. The predicted octanol–water partition coefficient (Wildman–Crippen LogP) is 0.00580. The molecule has 0 aromatic carbocycles. The Labute approximate surface area is 103 Å². The van der Waals surface area contributed by atoms with E-state index in [1.165, 1.54) is 6.33 Å². The number of nitrogen functional groups attached to an aromatic ring is 1. The summed E-state index contributed by atoms with van der Waals surface area (Å²) in [6.45, 7) is 0.196. The van der Waals surface area contributed by atoms with Gasteiger partial charge in [0.05, 0.1) is 6.61 Å². The minimum atomic E-state index is -4.10. The topological polar surface area (TPSA) is 123 Å². The van der Waals surface area contributed by atoms with Gasteiger partial charge in [0.2, 0.25) is 0 Å². The summed E-state index contributed by atoms with van der Waals surface area (Å²) in [4.78, 5) is 21.1. The lowest BCUT2D eigenvalue weighted by Crippen LogP contribution is -2.06. The third-order valence-corrected chi connectivity index (χ3v) is 2.84. The molecule has 2 heterocycles. The third-order valence-electron chi connectivity index (χ3n) is 2.32. The number of hydrogen-bond donors (Lipinski definition) is 3. The minimum absolute atomic E-state index is 0.196. The predicted molar refractivity (Wildman–Crippen MR) is 64.0 cm³/mol. The Bertz CT molecular complexity index is 593. The van der Waals surface area contributed by atoms with Gasteiger partial charge >= 0.3 is 7.60 Å². The van der Waals surface area contributed by atoms with Crippen LogP contribution in [0, 0.1) is 0 Å². The highest BCUT2D eigenvalue weighted by molar-refractivity contribution is 7.51. The lowest BCUT2D eigenvalue weighted by Gasteiger charge is -2.05. The van der Waals surface area contributed by atoms with E-state index in [1.54, 1.807) is 10.6 Å². The maximum absolute atomic E-state index is 10.6. The zero-order valence-electron chi connectivity index (χ0n) is 9.43. The number of aromatic nitrogens is 3. The zero-order chi connectivity index (χ0) is 13.2. The Kier molecular flexibility index (Phi) is 3.63. The quantitative estimate of drug-likeness (QED) is 0.517. The van der Waals surface area contributed by atoms with Gasteiger partial charge in [-0.15, -0.1) is 0 Å². The second kappa shape index (κ2) is 5.03. The summed E-state index contributed by atoms with van der Waals surface area (Å²) in [6.07, 6.45) is 1.25. The Morgan fingerprint density at radius 1 is 1.44 bits per heavy atom. The molecule has 0 saturated heterocycles. The number of fused-ring (bicyclic) bond motifs is 1. The molecule has 98 valence electrons. The molecule has 4 N–H and O–H groups in total. The Hall–Kier alpha value is -1.47. The Morgan fingerprint density at radius 2 is 2.22 bits per heavy atom. The molecule has 2 aromatic heterocycles. The van der Waals surface area contributed by atoms with Gasteiger partial charge in [-0.1, -0.05) is 0 Å². The molecule has 9 heteroatoms. The van der Waals surface area contributed by atoms with Crippen LogP contribution in [-0.4, -0.2) is 37.3 Å². The lowest BCUT2D eigenvalue weighted by molar-refractivity contribution is 0.159. The van der Waals surface area contributed by atoms with Gasteiger partial charge in [0, 0.05) is 12.1 Å². The number of hydrogen-bond acceptors (Lipinski definition) is 5. The first-order chi connectivity index (χ1) is 8.47. The van der Waals surface area contributed by atoms with Crippen molar-refractivity contribution in [3.8, 4) is 0 Å². The molecule has 2 rings (SSSR count). The first-order valence-corrected chi connectivity index (χ1v) is 6.96. The van der Waals surface area contributed by atoms with Gasteiger partial charge in [-0.05, 0) is 12.1 Å². The van der Waals surface area contributed by atoms with E-state index in [2.05, 4.69) is 10.1 Å². The lowest BCUT2D eigenvalue weighted by atomic mass is 10.3. The van der Waals surface area contributed by atoms with E-state index in [0.717, 1.165) is 5.69 Å². The average molecular weight is 272 g/mol. The van der Waals surface area contributed by atoms with Gasteiger partial charge in [0.1, 0.15) is 18.2 Å². The van der Waals surface area contributed by atoms with Gasteiger partial charge in [0.15, 0.2) is 5.82 Å². The zero-order valence-corrected chi connectivity index (χ0v) is 10.3. The number of nitrogens with two attached hydrogens (primary N) is 1. The summed E-state index contributed by atoms with van der Waals surface area (Å²) >= 11 is 0. The van der Waals surface area contributed by atoms with E-state index in [9.17, 15) is 4.57 Å². The molecule has 0 atom stereocenters. The van der Waals surface area contributed by atoms with Crippen molar-refractivity contribution >= 4 is 18.9 Å². The summed E-state index contributed by atoms with van der Waals surface area (Å²) in [5.74, 6) is 0.382. The van der Waals surface area contributed by atoms with Gasteiger partial charge in [0.25, 0.3) is 0 Å². The molecule has 2 aromatic rings. The fraction of sp³-hybridized carbons (Fsp3) is 0.333. The van der Waals surface area contributed by atoms with Crippen molar-refractivity contribution < 1.29 is 19.1 Å². The molecule has 0 aliphatic carbocycles. The van der Waals surface area contributed by atoms with E-state index in [4.69, 9.17) is 20.3 Å². The summed E-state index contributed by atoms with van der Waals surface area (Å²) in [5, 5.41) is 4.05. The molecule has 0 aliphatic heterocycles. The van der Waals surface area contributed by atoms with Crippen molar-refractivity contribution in [2.75, 3.05) is 18.7 Å². The van der Waals surface area contributed by atoms with E-state index in [-0.39, 0.29) is 6.61 Å². The molecule has 0 unspecified atom stereocenters. The Balaban J connectivity index is 2.00. The van der Waals surface area contributed by atoms with Crippen LogP contribution in [-0.2, 0) is 15.7 Å². The monoisotopic (exact) mass is 272 g/mol. The third kappa shape index (κ3) is 3.05. The van der Waals surface area contributed by atoms with Crippen LogP contribution in [0.3, 0.4) is 0 Å². The SMILES string of the molecule is Nc1ncnn2c(CCOCP(=O)(O)O)ccc12. The molecule has 18 heavy (non-hydrogen) atoms. The average Bonchev–Trinajstić information content (AvgIpc) is 2.68. The van der Waals surface area contributed by atoms with E-state index in [0.29, 0.717) is 17.8 Å². The maximum Gasteiger partial charge on any atom is 0.350 e. The van der Waals surface area contributed by atoms with Crippen molar-refractivity contribution in [3.63, 3.8) is 0 Å². The van der Waals surface area contributed by atoms with Gasteiger partial charge < -0.3 is 20.3 Å². The van der Waals surface area contributed by atoms with Crippen LogP contribution in [0.1, 0.15) is 5.69 Å². The standard InChI is InChI=1S/C9H13N4O4P/c10-9-8-2-1-7(13(8)12-5-11-9)3-4-17-6-18(14,15)16/h1-2,5H,3-4,6H2,(H2,10,11,12)(H2,14,15,16). The summed E-state index contributed by atoms with van der Waals surface area (Å²) in [7, 11) is -4.10. The molecule has 0 bridgehead atoms. The van der Waals surface area contributed by atoms with Gasteiger partial charge in [-0.2, -0.15) is 5.10 Å². The van der Waals surface area contributed by atoms with Crippen LogP contribution >= 0.6 is 7.60 Å². The van der Waals surface area contributed by atoms with Crippen molar-refractivity contribution in [3.05, 3.63) is 24.2 Å². The van der Waals surface area contributed by atoms with Crippen LogP contribution < -0.4 is 5.73 Å². The second-order valence-corrected chi connectivity index (χ2v) is 5.31. The van der Waals surface area contributed by atoms with Crippen LogP contribution in [0.4, 0.5) is 5.82 Å². The van der Waals surface area contributed by atoms with Crippen LogP contribution in [0.15, 0.2) is 18.5 Å².